The fourth-order valence-corrected chi connectivity index (χ4v) is 4.23. The molecule has 2 aromatic carbocycles. The molecule has 0 aliphatic carbocycles. The van der Waals surface area contributed by atoms with Gasteiger partial charge in [0, 0.05) is 24.5 Å². The van der Waals surface area contributed by atoms with Gasteiger partial charge < -0.3 is 9.80 Å². The normalized spacial score (nSPS) is 18.9. The van der Waals surface area contributed by atoms with E-state index in [1.807, 2.05) is 30.0 Å². The molecule has 0 aromatic heterocycles. The molecule has 4 nitrogen and oxygen atoms in total. The van der Waals surface area contributed by atoms with E-state index in [1.54, 1.807) is 4.90 Å². The van der Waals surface area contributed by atoms with Crippen LogP contribution in [0.1, 0.15) is 34.7 Å². The Labute approximate surface area is 164 Å². The van der Waals surface area contributed by atoms with Gasteiger partial charge in [-0.3, -0.25) is 9.59 Å². The van der Waals surface area contributed by atoms with Crippen molar-refractivity contribution in [3.63, 3.8) is 0 Å². The van der Waals surface area contributed by atoms with Crippen molar-refractivity contribution in [2.75, 3.05) is 19.6 Å². The number of piperazine rings is 1. The van der Waals surface area contributed by atoms with Crippen LogP contribution in [0.25, 0.3) is 0 Å². The molecule has 2 aromatic rings. The van der Waals surface area contributed by atoms with Gasteiger partial charge in [-0.1, -0.05) is 47.5 Å². The lowest BCUT2D eigenvalue weighted by molar-refractivity contribution is -0.149. The minimum Gasteiger partial charge on any atom is -0.332 e. The average molecular weight is 383 g/mol. The highest BCUT2D eigenvalue weighted by Gasteiger charge is 2.38. The minimum absolute atomic E-state index is 0.0283. The molecule has 2 aliphatic heterocycles. The fourth-order valence-electron chi connectivity index (χ4n) is 4.05. The van der Waals surface area contributed by atoms with E-state index in [1.165, 1.54) is 11.1 Å². The predicted octanol–water partition coefficient (Wildman–Crippen LogP) is 3.55. The summed E-state index contributed by atoms with van der Waals surface area (Å²) in [5.41, 5.74) is 4.66. The molecule has 0 radical (unpaired) electrons. The third-order valence-electron chi connectivity index (χ3n) is 5.61. The van der Waals surface area contributed by atoms with Crippen LogP contribution in [0.5, 0.6) is 0 Å². The monoisotopic (exact) mass is 382 g/mol. The van der Waals surface area contributed by atoms with E-state index in [9.17, 15) is 9.59 Å². The number of hydrogen-bond acceptors (Lipinski definition) is 2. The first-order valence-corrected chi connectivity index (χ1v) is 9.80. The highest BCUT2D eigenvalue weighted by atomic mass is 35.5. The molecule has 1 fully saturated rings. The number of rotatable bonds is 3. The SMILES string of the molecule is Cc1ccc(CCC(=O)N2CC(=O)N3CCc4ccc(Cl)cc4C3C2)cc1. The molecule has 2 aliphatic rings. The van der Waals surface area contributed by atoms with Crippen molar-refractivity contribution in [3.8, 4) is 0 Å². The Morgan fingerprint density at radius 3 is 2.74 bits per heavy atom. The average Bonchev–Trinajstić information content (AvgIpc) is 2.67. The van der Waals surface area contributed by atoms with Crippen LogP contribution < -0.4 is 0 Å². The van der Waals surface area contributed by atoms with Gasteiger partial charge in [0.05, 0.1) is 12.6 Å². The summed E-state index contributed by atoms with van der Waals surface area (Å²) in [6.45, 7) is 3.49. The standard InChI is InChI=1S/C22H23ClN2O2/c1-15-2-4-16(5-3-15)6-9-21(26)24-13-20-19-12-18(23)8-7-17(19)10-11-25(20)22(27)14-24/h2-5,7-8,12,20H,6,9-11,13-14H2,1H3. The zero-order valence-corrected chi connectivity index (χ0v) is 16.2. The Kier molecular flexibility index (Phi) is 4.92. The third-order valence-corrected chi connectivity index (χ3v) is 5.84. The number of fused-ring (bicyclic) bond motifs is 3. The van der Waals surface area contributed by atoms with E-state index in [0.717, 1.165) is 17.5 Å². The van der Waals surface area contributed by atoms with Crippen molar-refractivity contribution in [1.82, 2.24) is 9.80 Å². The molecular weight excluding hydrogens is 360 g/mol. The van der Waals surface area contributed by atoms with Crippen LogP contribution >= 0.6 is 11.6 Å². The van der Waals surface area contributed by atoms with Crippen LogP contribution in [0.2, 0.25) is 5.02 Å². The van der Waals surface area contributed by atoms with E-state index < -0.39 is 0 Å². The first-order valence-electron chi connectivity index (χ1n) is 9.42. The lowest BCUT2D eigenvalue weighted by Gasteiger charge is -2.44. The van der Waals surface area contributed by atoms with E-state index >= 15 is 0 Å². The Bertz CT molecular complexity index is 878. The summed E-state index contributed by atoms with van der Waals surface area (Å²) in [5.74, 6) is 0.0679. The summed E-state index contributed by atoms with van der Waals surface area (Å²) >= 11 is 6.19. The van der Waals surface area contributed by atoms with Crippen molar-refractivity contribution in [2.24, 2.45) is 0 Å². The molecular formula is C22H23ClN2O2. The Balaban J connectivity index is 1.48. The molecule has 1 atom stereocenters. The van der Waals surface area contributed by atoms with E-state index in [4.69, 9.17) is 11.6 Å². The van der Waals surface area contributed by atoms with Crippen molar-refractivity contribution < 1.29 is 9.59 Å². The Morgan fingerprint density at radius 2 is 1.96 bits per heavy atom. The summed E-state index contributed by atoms with van der Waals surface area (Å²) in [7, 11) is 0. The molecule has 140 valence electrons. The summed E-state index contributed by atoms with van der Waals surface area (Å²) in [6.07, 6.45) is 1.96. The highest BCUT2D eigenvalue weighted by molar-refractivity contribution is 6.30. The van der Waals surface area contributed by atoms with Gasteiger partial charge in [0.15, 0.2) is 0 Å². The van der Waals surface area contributed by atoms with Crippen LogP contribution in [0.3, 0.4) is 0 Å². The van der Waals surface area contributed by atoms with Gasteiger partial charge in [0.25, 0.3) is 0 Å². The molecule has 4 rings (SSSR count). The van der Waals surface area contributed by atoms with Crippen molar-refractivity contribution in [1.29, 1.82) is 0 Å². The van der Waals surface area contributed by atoms with Crippen LogP contribution in [0, 0.1) is 6.92 Å². The molecule has 2 heterocycles. The van der Waals surface area contributed by atoms with Gasteiger partial charge in [-0.2, -0.15) is 0 Å². The smallest absolute Gasteiger partial charge is 0.242 e. The zero-order valence-electron chi connectivity index (χ0n) is 15.5. The second kappa shape index (κ2) is 7.35. The van der Waals surface area contributed by atoms with E-state index in [2.05, 4.69) is 24.3 Å². The van der Waals surface area contributed by atoms with Crippen LogP contribution in [0.4, 0.5) is 0 Å². The molecule has 1 saturated heterocycles. The lowest BCUT2D eigenvalue weighted by Crippen LogP contribution is -2.55. The van der Waals surface area contributed by atoms with Crippen molar-refractivity contribution in [2.45, 2.75) is 32.2 Å². The molecule has 1 unspecified atom stereocenters. The summed E-state index contributed by atoms with van der Waals surface area (Å²) in [6, 6.07) is 14.0. The summed E-state index contributed by atoms with van der Waals surface area (Å²) in [4.78, 5) is 29.0. The van der Waals surface area contributed by atoms with Crippen LogP contribution in [0.15, 0.2) is 42.5 Å². The molecule has 0 N–H and O–H groups in total. The Morgan fingerprint density at radius 1 is 1.19 bits per heavy atom. The number of benzene rings is 2. The van der Waals surface area contributed by atoms with Gasteiger partial charge in [-0.05, 0) is 48.6 Å². The number of carbonyl (C=O) groups is 2. The maximum Gasteiger partial charge on any atom is 0.242 e. The maximum atomic E-state index is 12.8. The van der Waals surface area contributed by atoms with Crippen molar-refractivity contribution in [3.05, 3.63) is 69.7 Å². The second-order valence-corrected chi connectivity index (χ2v) is 7.89. The van der Waals surface area contributed by atoms with Gasteiger partial charge in [-0.15, -0.1) is 0 Å². The van der Waals surface area contributed by atoms with Gasteiger partial charge in [0.2, 0.25) is 11.8 Å². The first-order chi connectivity index (χ1) is 13.0. The zero-order chi connectivity index (χ0) is 19.0. The van der Waals surface area contributed by atoms with Crippen LogP contribution in [-0.4, -0.2) is 41.2 Å². The molecule has 0 spiro atoms. The molecule has 0 saturated carbocycles. The predicted molar refractivity (Wildman–Crippen MR) is 106 cm³/mol. The van der Waals surface area contributed by atoms with E-state index in [0.29, 0.717) is 31.0 Å². The topological polar surface area (TPSA) is 40.6 Å². The van der Waals surface area contributed by atoms with Gasteiger partial charge in [0.1, 0.15) is 0 Å². The molecule has 27 heavy (non-hydrogen) atoms. The quantitative estimate of drug-likeness (QED) is 0.814. The number of halogens is 1. The number of hydrogen-bond donors (Lipinski definition) is 0. The fraction of sp³-hybridized carbons (Fsp3) is 0.364. The largest absolute Gasteiger partial charge is 0.332 e. The minimum atomic E-state index is -0.0861. The second-order valence-electron chi connectivity index (χ2n) is 7.46. The summed E-state index contributed by atoms with van der Waals surface area (Å²) < 4.78 is 0. The maximum absolute atomic E-state index is 12.8. The Hall–Kier alpha value is -2.33. The van der Waals surface area contributed by atoms with Crippen LogP contribution in [-0.2, 0) is 22.4 Å². The number of carbonyl (C=O) groups excluding carboxylic acids is 2. The van der Waals surface area contributed by atoms with Gasteiger partial charge in [-0.25, -0.2) is 0 Å². The lowest BCUT2D eigenvalue weighted by atomic mass is 9.90. The third kappa shape index (κ3) is 3.72. The molecule has 5 heteroatoms. The summed E-state index contributed by atoms with van der Waals surface area (Å²) in [5, 5.41) is 0.672. The number of aryl methyl sites for hydroxylation is 2. The number of nitrogens with zero attached hydrogens (tertiary/aromatic N) is 2. The number of amides is 2. The molecule has 0 bridgehead atoms. The van der Waals surface area contributed by atoms with E-state index in [-0.39, 0.29) is 24.4 Å². The van der Waals surface area contributed by atoms with Gasteiger partial charge >= 0.3 is 0 Å². The highest BCUT2D eigenvalue weighted by Crippen LogP contribution is 2.34. The molecule has 2 amide bonds. The van der Waals surface area contributed by atoms with Crippen molar-refractivity contribution >= 4 is 23.4 Å². The first kappa shape index (κ1) is 18.1.